The minimum absolute atomic E-state index is 0.0133. The van der Waals surface area contributed by atoms with Crippen LogP contribution < -0.4 is 36.6 Å². The zero-order valence-corrected chi connectivity index (χ0v) is 86.7. The first-order valence-electron chi connectivity index (χ1n) is 48.1. The van der Waals surface area contributed by atoms with Crippen LogP contribution in [0.4, 0.5) is 9.59 Å². The molecular formula is C95H162N10O31S3. The second-order valence-corrected chi connectivity index (χ2v) is 36.5. The lowest BCUT2D eigenvalue weighted by atomic mass is 9.92. The molecule has 3 aromatic rings. The number of alkyl carbamates (subject to hydrolysis) is 1. The van der Waals surface area contributed by atoms with E-state index < -0.39 is 97.3 Å². The lowest BCUT2D eigenvalue weighted by Crippen LogP contribution is -2.58. The number of ether oxygens (including phenoxy) is 13. The number of pyridine rings is 1. The number of carbonyl (C=O) groups is 11. The van der Waals surface area contributed by atoms with Crippen molar-refractivity contribution in [3.63, 3.8) is 0 Å². The van der Waals surface area contributed by atoms with Crippen LogP contribution in [0.2, 0.25) is 0 Å². The van der Waals surface area contributed by atoms with E-state index >= 15 is 0 Å². The Kier molecular flexibility index (Phi) is 73.6. The number of nitrogens with one attached hydrogen (secondary N) is 6. The topological polar surface area (TPSA) is 554 Å². The number of rotatable bonds is 71. The van der Waals surface area contributed by atoms with Gasteiger partial charge in [-0.3, -0.25) is 48.1 Å². The lowest BCUT2D eigenvalue weighted by molar-refractivity contribution is -0.194. The maximum absolute atomic E-state index is 14.8. The van der Waals surface area contributed by atoms with E-state index in [0.29, 0.717) is 95.5 Å². The molecule has 796 valence electrons. The summed E-state index contributed by atoms with van der Waals surface area (Å²) in [4.78, 5) is 149. The smallest absolute Gasteiger partial charge is 0.412 e. The van der Waals surface area contributed by atoms with Crippen LogP contribution in [-0.4, -0.2) is 335 Å². The predicted octanol–water partition coefficient (Wildman–Crippen LogP) is 9.29. The molecule has 1 saturated heterocycles. The van der Waals surface area contributed by atoms with Crippen LogP contribution >= 0.6 is 32.9 Å². The fraction of sp³-hybridized carbons (Fsp3) is 0.737. The van der Waals surface area contributed by atoms with Crippen molar-refractivity contribution in [2.24, 2.45) is 17.8 Å². The molecule has 3 heterocycles. The number of aliphatic hydroxyl groups excluding tert-OH is 5. The van der Waals surface area contributed by atoms with Gasteiger partial charge in [0.15, 0.2) is 25.2 Å². The molecule has 2 aromatic heterocycles. The summed E-state index contributed by atoms with van der Waals surface area (Å²) < 4.78 is 68.4. The second kappa shape index (κ2) is 79.3. The molecule has 7 amide bonds. The SMILES string of the molecule is CCC(CO)OC(CO)OC.CCC(CO)OC(COC(=O)CCCC(=O)NCCSSc1ccccn1)OC.CCC(CO)OC(COC(=O)CCCC(=O)O)OC.CCCO[C@H](C[C@H](C(C)C)N(CCC)C(=O)[C@@H](NC(=O)[C@H]1CCCCN1C)[C@@H](C)CC)c1nc(C(=O)N[C@@H](Cc2ccc(OC(=O)NCCCCNC(=O)CCNC(=O)OCC(OC)OC(CC)CO)cc2)C[C@H](C)C(=O)O)cs1. The van der Waals surface area contributed by atoms with Crippen molar-refractivity contribution in [3.05, 3.63) is 70.3 Å². The van der Waals surface area contributed by atoms with Gasteiger partial charge >= 0.3 is 36.1 Å². The lowest BCUT2D eigenvalue weighted by Gasteiger charge is -2.40. The zero-order valence-electron chi connectivity index (χ0n) is 84.2. The Balaban J connectivity index is 0.00000131. The third-order valence-electron chi connectivity index (χ3n) is 21.8. The summed E-state index contributed by atoms with van der Waals surface area (Å²) in [7, 11) is 10.8. The van der Waals surface area contributed by atoms with E-state index in [2.05, 4.69) is 55.6 Å². The van der Waals surface area contributed by atoms with Crippen molar-refractivity contribution in [3.8, 4) is 5.75 Å². The number of hydrogen-bond donors (Lipinski definition) is 13. The van der Waals surface area contributed by atoms with Crippen molar-refractivity contribution >= 4 is 98.5 Å². The number of thiazole rings is 1. The van der Waals surface area contributed by atoms with E-state index in [0.717, 1.165) is 48.6 Å². The molecule has 0 radical (unpaired) electrons. The normalized spacial score (nSPS) is 15.5. The largest absolute Gasteiger partial charge is 0.481 e. The van der Waals surface area contributed by atoms with Gasteiger partial charge in [-0.15, -0.1) is 11.3 Å². The van der Waals surface area contributed by atoms with E-state index in [1.54, 1.807) is 64.4 Å². The number of likely N-dealkylation sites (N-methyl/N-ethyl adjacent to an activating group) is 1. The van der Waals surface area contributed by atoms with Gasteiger partial charge in [0.05, 0.1) is 69.4 Å². The van der Waals surface area contributed by atoms with Crippen LogP contribution in [0.3, 0.4) is 0 Å². The van der Waals surface area contributed by atoms with Crippen molar-refractivity contribution in [1.29, 1.82) is 0 Å². The molecule has 0 spiro atoms. The monoisotopic (exact) mass is 2040 g/mol. The molecule has 4 rings (SSSR count). The molecule has 15 atom stereocenters. The van der Waals surface area contributed by atoms with Crippen LogP contribution in [0, 0.1) is 17.8 Å². The molecule has 0 saturated carbocycles. The molecule has 1 fully saturated rings. The summed E-state index contributed by atoms with van der Waals surface area (Å²) in [6.07, 6.45) is 5.87. The molecule has 13 N–H and O–H groups in total. The van der Waals surface area contributed by atoms with E-state index in [1.165, 1.54) is 39.8 Å². The average molecular weight is 2040 g/mol. The Morgan fingerprint density at radius 1 is 0.576 bits per heavy atom. The number of benzene rings is 1. The fourth-order valence-electron chi connectivity index (χ4n) is 13.2. The molecular weight excluding hydrogens is 1870 g/mol. The summed E-state index contributed by atoms with van der Waals surface area (Å²) in [5, 5.41) is 83.1. The number of carbonyl (C=O) groups excluding carboxylic acids is 9. The van der Waals surface area contributed by atoms with Crippen LogP contribution in [0.5, 0.6) is 5.75 Å². The molecule has 41 nitrogen and oxygen atoms in total. The molecule has 1 aliphatic rings. The number of aromatic nitrogens is 2. The summed E-state index contributed by atoms with van der Waals surface area (Å²) in [5.74, 6) is -3.75. The Hall–Kier alpha value is -8.13. The number of amides is 7. The highest BCUT2D eigenvalue weighted by Crippen LogP contribution is 2.33. The number of nitrogens with zero attached hydrogens (tertiary/aromatic N) is 4. The summed E-state index contributed by atoms with van der Waals surface area (Å²) in [5.41, 5.74) is 0.922. The average Bonchev–Trinajstić information content (AvgIpc) is 1.68. The molecule has 1 aliphatic heterocycles. The number of unbranched alkanes of at least 4 members (excludes halogenated alkanes) is 1. The van der Waals surface area contributed by atoms with Gasteiger partial charge in [0.25, 0.3) is 5.91 Å². The molecule has 1 aromatic carbocycles. The molecule has 8 unspecified atom stereocenters. The van der Waals surface area contributed by atoms with E-state index in [4.69, 9.17) is 92.1 Å². The summed E-state index contributed by atoms with van der Waals surface area (Å²) in [6, 6.07) is 10.6. The van der Waals surface area contributed by atoms with Crippen LogP contribution in [0.25, 0.3) is 0 Å². The zero-order chi connectivity index (χ0) is 104. The number of likely N-dealkylation sites (tertiary alicyclic amines) is 1. The Morgan fingerprint density at radius 2 is 1.12 bits per heavy atom. The van der Waals surface area contributed by atoms with E-state index in [-0.39, 0.29) is 195 Å². The maximum atomic E-state index is 14.8. The molecule has 44 heteroatoms. The summed E-state index contributed by atoms with van der Waals surface area (Å²) >= 11 is 1.29. The van der Waals surface area contributed by atoms with Crippen molar-refractivity contribution in [1.82, 2.24) is 51.7 Å². The van der Waals surface area contributed by atoms with Gasteiger partial charge in [-0.25, -0.2) is 19.6 Å². The molecule has 139 heavy (non-hydrogen) atoms. The first kappa shape index (κ1) is 129. The van der Waals surface area contributed by atoms with Gasteiger partial charge in [-0.05, 0) is 156 Å². The number of carboxylic acid groups (broad SMARTS) is 2. The number of esters is 2. The van der Waals surface area contributed by atoms with Crippen molar-refractivity contribution in [2.45, 2.75) is 302 Å². The second-order valence-electron chi connectivity index (χ2n) is 33.1. The van der Waals surface area contributed by atoms with Crippen LogP contribution in [-0.2, 0) is 102 Å². The number of methoxy groups -OCH3 is 4. The van der Waals surface area contributed by atoms with Crippen molar-refractivity contribution < 1.29 is 150 Å². The minimum Gasteiger partial charge on any atom is -0.481 e. The maximum Gasteiger partial charge on any atom is 0.412 e. The Bertz CT molecular complexity index is 3790. The molecule has 0 aliphatic carbocycles. The van der Waals surface area contributed by atoms with Gasteiger partial charge in [0, 0.05) is 136 Å². The quantitative estimate of drug-likeness (QED) is 0.00822. The van der Waals surface area contributed by atoms with Crippen molar-refractivity contribution in [2.75, 3.05) is 140 Å². The first-order valence-corrected chi connectivity index (χ1v) is 51.3. The Labute approximate surface area is 831 Å². The van der Waals surface area contributed by atoms with Gasteiger partial charge in [-0.2, -0.15) is 0 Å². The van der Waals surface area contributed by atoms with Gasteiger partial charge in [0.1, 0.15) is 53.4 Å². The number of hydrogen-bond acceptors (Lipinski definition) is 35. The third-order valence-corrected chi connectivity index (χ3v) is 25.0. The number of carboxylic acids is 2. The number of piperidine rings is 1. The highest BCUT2D eigenvalue weighted by Gasteiger charge is 2.39. The predicted molar refractivity (Wildman–Crippen MR) is 523 cm³/mol. The standard InChI is InChI=1S/C57H94N8O14S.C19H30N2O6S2.C12H22O7.C7H16O4/c1-11-28-65(54(70)50(38(7)13-3)63-52(69)45-19-15-18-29-64(45)9)46(37(5)6)33-47(76-30-12-2)53-62-44(36-80-53)51(68)61-41(31-39(8)55(71)72)32-40-20-22-43(23-21-40)79-57(74)59-26-17-16-25-58-48(67)24-27-60-56(73)77-35-49(75-10)78-42(14-4)34-66;1-3-15(13-22)27-19(25-2)14-26-18(24)9-6-7-16(23)20-11-12-28-29-17-8-4-5-10-21-17;1-3-9(7-13)19-12(17-2)8-18-11(16)6-4-5-10(14)15;1-3-6(4-8)11-7(5-9)10-2/h20-23,36-39,41-42,45-47,49-50,66H,11-19,24-35H2,1-10H3,(H,58,67)(H,59,74)(H,60,73)(H,61,68)(H,63,69)(H,71,72);4-5,8,10,15,19,22H,3,6-7,9,11-14H2,1-2H3,(H,20,23);9,12-13H,3-8H2,1-2H3,(H,14,15);6-9H,3-5H2,1-2H3/t38-,39-,41+,42?,45+,46+,47+,49?,50-;;;/m0.../s1. The Morgan fingerprint density at radius 3 is 1.61 bits per heavy atom. The number of aliphatic hydroxyl groups is 5. The number of aliphatic carboxylic acids is 2. The third kappa shape index (κ3) is 58.3. The van der Waals surface area contributed by atoms with Gasteiger partial charge in [0.2, 0.25) is 23.6 Å². The van der Waals surface area contributed by atoms with Gasteiger partial charge in [-0.1, -0.05) is 118 Å². The first-order chi connectivity index (χ1) is 66.7. The van der Waals surface area contributed by atoms with Gasteiger partial charge < -0.3 is 134 Å². The minimum atomic E-state index is -1.00. The van der Waals surface area contributed by atoms with E-state index in [9.17, 15) is 63.0 Å². The highest BCUT2D eigenvalue weighted by molar-refractivity contribution is 8.76. The highest BCUT2D eigenvalue weighted by atomic mass is 33.1. The van der Waals surface area contributed by atoms with E-state index in [1.807, 2.05) is 85.5 Å². The summed E-state index contributed by atoms with van der Waals surface area (Å²) in [6.45, 7) is 23.3. The fourth-order valence-corrected chi connectivity index (χ4v) is 15.8. The van der Waals surface area contributed by atoms with Crippen LogP contribution in [0.15, 0.2) is 59.1 Å². The molecule has 0 bridgehead atoms. The van der Waals surface area contributed by atoms with Crippen LogP contribution in [0.1, 0.15) is 238 Å².